The van der Waals surface area contributed by atoms with Gasteiger partial charge in [0.1, 0.15) is 0 Å². The molecule has 2 fully saturated rings. The Hall–Kier alpha value is -2.33. The monoisotopic (exact) mass is 443 g/mol. The average molecular weight is 444 g/mol. The summed E-state index contributed by atoms with van der Waals surface area (Å²) in [5.74, 6) is 0.122. The summed E-state index contributed by atoms with van der Waals surface area (Å²) in [6.07, 6.45) is 6.08. The molecule has 1 aromatic heterocycles. The lowest BCUT2D eigenvalue weighted by atomic mass is 9.95. The van der Waals surface area contributed by atoms with Crippen LogP contribution in [0.3, 0.4) is 0 Å². The molecular formula is C22H29N5O3S. The van der Waals surface area contributed by atoms with E-state index in [-0.39, 0.29) is 24.0 Å². The van der Waals surface area contributed by atoms with E-state index in [2.05, 4.69) is 28.1 Å². The Morgan fingerprint density at radius 1 is 1.10 bits per heavy atom. The number of hydrazine groups is 1. The van der Waals surface area contributed by atoms with Crippen LogP contribution in [0, 0.1) is 5.92 Å². The van der Waals surface area contributed by atoms with Crippen molar-refractivity contribution in [3.63, 3.8) is 0 Å². The summed E-state index contributed by atoms with van der Waals surface area (Å²) in [7, 11) is -3.40. The number of benzene rings is 1. The molecule has 31 heavy (non-hydrogen) atoms. The van der Waals surface area contributed by atoms with Gasteiger partial charge in [-0.1, -0.05) is 19.1 Å². The van der Waals surface area contributed by atoms with E-state index >= 15 is 0 Å². The van der Waals surface area contributed by atoms with Crippen LogP contribution in [0.15, 0.2) is 53.7 Å². The molecule has 0 radical (unpaired) electrons. The molecule has 0 bridgehead atoms. The Morgan fingerprint density at radius 2 is 1.77 bits per heavy atom. The fourth-order valence-corrected chi connectivity index (χ4v) is 5.69. The van der Waals surface area contributed by atoms with Gasteiger partial charge in [-0.2, -0.15) is 4.31 Å². The second-order valence-corrected chi connectivity index (χ2v) is 10.1. The first-order chi connectivity index (χ1) is 14.9. The molecule has 3 N–H and O–H groups in total. The molecule has 0 aliphatic carbocycles. The van der Waals surface area contributed by atoms with Crippen molar-refractivity contribution in [3.05, 3.63) is 59.9 Å². The summed E-state index contributed by atoms with van der Waals surface area (Å²) in [5.41, 5.74) is 8.46. The van der Waals surface area contributed by atoms with Crippen LogP contribution in [0.25, 0.3) is 0 Å². The number of pyridine rings is 1. The number of carbonyl (C=O) groups excluding carboxylic acids is 1. The van der Waals surface area contributed by atoms with Crippen LogP contribution >= 0.6 is 0 Å². The molecule has 0 spiro atoms. The van der Waals surface area contributed by atoms with Gasteiger partial charge in [-0.25, -0.2) is 19.3 Å². The second kappa shape index (κ2) is 9.44. The van der Waals surface area contributed by atoms with E-state index in [1.54, 1.807) is 41.0 Å². The van der Waals surface area contributed by atoms with Gasteiger partial charge >= 0.3 is 0 Å². The van der Waals surface area contributed by atoms with Gasteiger partial charge in [-0.05, 0) is 54.7 Å². The number of hydrogen-bond acceptors (Lipinski definition) is 6. The van der Waals surface area contributed by atoms with Crippen molar-refractivity contribution in [2.24, 2.45) is 5.92 Å². The number of sulfonamides is 1. The van der Waals surface area contributed by atoms with Crippen LogP contribution < -0.4 is 16.2 Å². The lowest BCUT2D eigenvalue weighted by molar-refractivity contribution is -0.122. The maximum atomic E-state index is 12.6. The topological polar surface area (TPSA) is 103 Å². The number of aryl methyl sites for hydroxylation is 1. The average Bonchev–Trinajstić information content (AvgIpc) is 3.45. The summed E-state index contributed by atoms with van der Waals surface area (Å²) in [6, 6.07) is 10.9. The minimum Gasteiger partial charge on any atom is -0.339 e. The molecule has 3 atom stereocenters. The summed E-state index contributed by atoms with van der Waals surface area (Å²) >= 11 is 0. The molecule has 1 amide bonds. The summed E-state index contributed by atoms with van der Waals surface area (Å²) < 4.78 is 26.8. The Balaban J connectivity index is 1.28. The number of carbonyl (C=O) groups is 1. The number of nitrogens with zero attached hydrogens (tertiary/aromatic N) is 2. The molecule has 4 rings (SSSR count). The van der Waals surface area contributed by atoms with Gasteiger partial charge in [0.2, 0.25) is 15.9 Å². The molecule has 8 nitrogen and oxygen atoms in total. The largest absolute Gasteiger partial charge is 0.339 e. The molecule has 9 heteroatoms. The third-order valence-electron chi connectivity index (χ3n) is 6.09. The predicted octanol–water partition coefficient (Wildman–Crippen LogP) is 1.73. The third kappa shape index (κ3) is 4.95. The zero-order chi connectivity index (χ0) is 21.8. The molecule has 166 valence electrons. The van der Waals surface area contributed by atoms with Crippen LogP contribution in [0.1, 0.15) is 43.4 Å². The number of hydrogen-bond donors (Lipinski definition) is 3. The van der Waals surface area contributed by atoms with Crippen LogP contribution in [-0.2, 0) is 21.2 Å². The Morgan fingerprint density at radius 3 is 2.45 bits per heavy atom. The lowest BCUT2D eigenvalue weighted by Gasteiger charge is -2.20. The normalized spacial score (nSPS) is 24.4. The van der Waals surface area contributed by atoms with E-state index in [0.717, 1.165) is 24.0 Å². The predicted molar refractivity (Wildman–Crippen MR) is 117 cm³/mol. The highest BCUT2D eigenvalue weighted by Gasteiger charge is 2.34. The van der Waals surface area contributed by atoms with Gasteiger partial charge in [-0.15, -0.1) is 0 Å². The quantitative estimate of drug-likeness (QED) is 0.602. The number of aromatic nitrogens is 1. The number of rotatable bonds is 7. The van der Waals surface area contributed by atoms with E-state index in [1.807, 2.05) is 12.1 Å². The number of nitrogens with one attached hydrogen (secondary N) is 3. The highest BCUT2D eigenvalue weighted by Crippen LogP contribution is 2.27. The van der Waals surface area contributed by atoms with Crippen molar-refractivity contribution in [2.75, 3.05) is 13.1 Å². The van der Waals surface area contributed by atoms with Crippen LogP contribution in [0.5, 0.6) is 0 Å². The highest BCUT2D eigenvalue weighted by atomic mass is 32.2. The maximum Gasteiger partial charge on any atom is 0.243 e. The molecule has 0 saturated carbocycles. The van der Waals surface area contributed by atoms with Crippen molar-refractivity contribution in [1.29, 1.82) is 0 Å². The Bertz CT molecular complexity index is 992. The van der Waals surface area contributed by atoms with E-state index in [9.17, 15) is 13.2 Å². The summed E-state index contributed by atoms with van der Waals surface area (Å²) in [4.78, 5) is 16.8. The first-order valence-electron chi connectivity index (χ1n) is 10.7. The molecule has 2 aliphatic rings. The van der Waals surface area contributed by atoms with Gasteiger partial charge in [-0.3, -0.25) is 9.78 Å². The van der Waals surface area contributed by atoms with Crippen molar-refractivity contribution < 1.29 is 13.2 Å². The fourth-order valence-electron chi connectivity index (χ4n) is 4.17. The molecule has 3 unspecified atom stereocenters. The molecule has 3 heterocycles. The third-order valence-corrected chi connectivity index (χ3v) is 8.01. The highest BCUT2D eigenvalue weighted by molar-refractivity contribution is 7.89. The van der Waals surface area contributed by atoms with E-state index in [1.165, 1.54) is 0 Å². The van der Waals surface area contributed by atoms with Crippen LogP contribution in [0.4, 0.5) is 0 Å². The van der Waals surface area contributed by atoms with Gasteiger partial charge < -0.3 is 5.32 Å². The van der Waals surface area contributed by atoms with Crippen LogP contribution in [-0.4, -0.2) is 42.9 Å². The van der Waals surface area contributed by atoms with Crippen molar-refractivity contribution >= 4 is 15.9 Å². The van der Waals surface area contributed by atoms with Gasteiger partial charge in [0.15, 0.2) is 0 Å². The molecular weight excluding hydrogens is 414 g/mol. The molecule has 2 saturated heterocycles. The van der Waals surface area contributed by atoms with Crippen molar-refractivity contribution in [1.82, 2.24) is 25.5 Å². The van der Waals surface area contributed by atoms with Crippen molar-refractivity contribution in [3.8, 4) is 0 Å². The van der Waals surface area contributed by atoms with Gasteiger partial charge in [0, 0.05) is 37.8 Å². The lowest BCUT2D eigenvalue weighted by Crippen LogP contribution is -2.46. The van der Waals surface area contributed by atoms with Gasteiger partial charge in [0.25, 0.3) is 0 Å². The first kappa shape index (κ1) is 21.9. The zero-order valence-electron chi connectivity index (χ0n) is 17.6. The van der Waals surface area contributed by atoms with Crippen LogP contribution in [0.2, 0.25) is 0 Å². The van der Waals surface area contributed by atoms with E-state index < -0.39 is 10.0 Å². The first-order valence-corrected chi connectivity index (χ1v) is 12.2. The van der Waals surface area contributed by atoms with E-state index in [0.29, 0.717) is 30.8 Å². The SMILES string of the molecule is CC1C(NC(=O)CCc2ccc(S(=O)(=O)N3CCCC3)cc2)NNC1c1ccncc1. The maximum absolute atomic E-state index is 12.6. The molecule has 1 aromatic carbocycles. The second-order valence-electron chi connectivity index (χ2n) is 8.21. The zero-order valence-corrected chi connectivity index (χ0v) is 18.4. The standard InChI is InChI=1S/C22H29N5O3S/c1-16-21(18-10-12-23-13-11-18)25-26-22(16)24-20(28)9-6-17-4-7-19(8-5-17)31(29,30)27-14-2-3-15-27/h4-5,7-8,10-13,16,21-22,25-26H,2-3,6,9,14-15H2,1H3,(H,24,28). The molecule has 2 aliphatic heterocycles. The Labute approximate surface area is 183 Å². The fraction of sp³-hybridized carbons (Fsp3) is 0.455. The summed E-state index contributed by atoms with van der Waals surface area (Å²) in [5, 5.41) is 3.04. The smallest absolute Gasteiger partial charge is 0.243 e. The van der Waals surface area contributed by atoms with E-state index in [4.69, 9.17) is 0 Å². The molecule has 2 aromatic rings. The Kier molecular flexibility index (Phi) is 6.66. The minimum absolute atomic E-state index is 0.0460. The minimum atomic E-state index is -3.40. The van der Waals surface area contributed by atoms with Crippen molar-refractivity contribution in [2.45, 2.75) is 49.7 Å². The number of amides is 1. The summed E-state index contributed by atoms with van der Waals surface area (Å²) in [6.45, 7) is 3.27. The van der Waals surface area contributed by atoms with Gasteiger partial charge in [0.05, 0.1) is 17.1 Å².